The van der Waals surface area contributed by atoms with Crippen molar-refractivity contribution in [1.29, 1.82) is 0 Å². The molecule has 1 unspecified atom stereocenters. The number of benzene rings is 2. The third-order valence-electron chi connectivity index (χ3n) is 2.97. The number of hydrogen-bond acceptors (Lipinski definition) is 4. The van der Waals surface area contributed by atoms with Crippen molar-refractivity contribution in [3.8, 4) is 5.75 Å². The van der Waals surface area contributed by atoms with Crippen molar-refractivity contribution < 1.29 is 9.90 Å². The molecule has 3 N–H and O–H groups in total. The van der Waals surface area contributed by atoms with E-state index in [-0.39, 0.29) is 11.7 Å². The van der Waals surface area contributed by atoms with Crippen LogP contribution in [-0.4, -0.2) is 23.3 Å². The first-order valence-electron chi connectivity index (χ1n) is 6.79. The van der Waals surface area contributed by atoms with Crippen molar-refractivity contribution in [2.24, 2.45) is 5.10 Å². The van der Waals surface area contributed by atoms with Crippen LogP contribution in [0.5, 0.6) is 5.75 Å². The van der Waals surface area contributed by atoms with Gasteiger partial charge in [0, 0.05) is 20.7 Å². The first-order chi connectivity index (χ1) is 11.0. The fourth-order valence-electron chi connectivity index (χ4n) is 1.78. The maximum Gasteiger partial charge on any atom is 0.262 e. The van der Waals surface area contributed by atoms with Gasteiger partial charge in [-0.15, -0.1) is 0 Å². The van der Waals surface area contributed by atoms with Crippen molar-refractivity contribution in [3.63, 3.8) is 0 Å². The Bertz CT molecular complexity index is 737. The lowest BCUT2D eigenvalue weighted by atomic mass is 10.2. The minimum Gasteiger partial charge on any atom is -0.507 e. The van der Waals surface area contributed by atoms with Gasteiger partial charge in [0.05, 0.1) is 6.21 Å². The summed E-state index contributed by atoms with van der Waals surface area (Å²) in [6, 6.07) is 11.5. The van der Waals surface area contributed by atoms with E-state index in [0.29, 0.717) is 10.6 Å². The number of hydrogen-bond donors (Lipinski definition) is 3. The fraction of sp³-hybridized carbons (Fsp3) is 0.125. The maximum atomic E-state index is 12.0. The molecule has 5 nitrogen and oxygen atoms in total. The lowest BCUT2D eigenvalue weighted by Crippen LogP contribution is -2.34. The largest absolute Gasteiger partial charge is 0.507 e. The van der Waals surface area contributed by atoms with Crippen LogP contribution < -0.4 is 10.7 Å². The minimum absolute atomic E-state index is 0.0799. The number of hydrazone groups is 1. The van der Waals surface area contributed by atoms with Gasteiger partial charge in [-0.05, 0) is 43.3 Å². The summed E-state index contributed by atoms with van der Waals surface area (Å²) in [6.07, 6.45) is 1.38. The Morgan fingerprint density at radius 1 is 1.35 bits per heavy atom. The molecule has 2 aromatic carbocycles. The van der Waals surface area contributed by atoms with Gasteiger partial charge in [-0.25, -0.2) is 5.43 Å². The summed E-state index contributed by atoms with van der Waals surface area (Å²) in [6.45, 7) is 1.71. The molecule has 0 aliphatic heterocycles. The van der Waals surface area contributed by atoms with Gasteiger partial charge in [-0.1, -0.05) is 33.6 Å². The monoisotopic (exact) mass is 395 g/mol. The van der Waals surface area contributed by atoms with E-state index < -0.39 is 6.04 Å². The molecule has 0 aliphatic carbocycles. The van der Waals surface area contributed by atoms with Gasteiger partial charge in [0.15, 0.2) is 0 Å². The Morgan fingerprint density at radius 2 is 2.13 bits per heavy atom. The molecule has 1 amide bonds. The van der Waals surface area contributed by atoms with E-state index in [9.17, 15) is 9.90 Å². The molecule has 0 saturated heterocycles. The molecule has 0 aromatic heterocycles. The predicted octanol–water partition coefficient (Wildman–Crippen LogP) is 3.76. The second kappa shape index (κ2) is 7.99. The van der Waals surface area contributed by atoms with Crippen molar-refractivity contribution >= 4 is 45.3 Å². The van der Waals surface area contributed by atoms with Crippen LogP contribution in [0.3, 0.4) is 0 Å². The van der Waals surface area contributed by atoms with E-state index in [2.05, 4.69) is 31.8 Å². The molecule has 2 rings (SSSR count). The van der Waals surface area contributed by atoms with E-state index in [1.54, 1.807) is 37.3 Å². The highest BCUT2D eigenvalue weighted by atomic mass is 79.9. The molecule has 0 saturated carbocycles. The summed E-state index contributed by atoms with van der Waals surface area (Å²) in [4.78, 5) is 12.0. The molecule has 120 valence electrons. The van der Waals surface area contributed by atoms with Gasteiger partial charge in [0.25, 0.3) is 5.91 Å². The first-order valence-corrected chi connectivity index (χ1v) is 7.96. The smallest absolute Gasteiger partial charge is 0.262 e. The third kappa shape index (κ3) is 5.26. The molecule has 1 atom stereocenters. The van der Waals surface area contributed by atoms with Crippen molar-refractivity contribution in [2.75, 3.05) is 5.32 Å². The maximum absolute atomic E-state index is 12.0. The SMILES string of the molecule is CC(Nc1cccc(Cl)c1)C(=O)NN=Cc1cc(Br)ccc1O. The topological polar surface area (TPSA) is 73.7 Å². The van der Waals surface area contributed by atoms with Crippen LogP contribution in [0.25, 0.3) is 0 Å². The van der Waals surface area contributed by atoms with Gasteiger partial charge < -0.3 is 10.4 Å². The highest BCUT2D eigenvalue weighted by Crippen LogP contribution is 2.20. The number of aromatic hydroxyl groups is 1. The molecular weight excluding hydrogens is 382 g/mol. The highest BCUT2D eigenvalue weighted by molar-refractivity contribution is 9.10. The summed E-state index contributed by atoms with van der Waals surface area (Å²) in [7, 11) is 0. The highest BCUT2D eigenvalue weighted by Gasteiger charge is 2.11. The molecule has 0 radical (unpaired) electrons. The van der Waals surface area contributed by atoms with Gasteiger partial charge >= 0.3 is 0 Å². The van der Waals surface area contributed by atoms with Crippen LogP contribution in [0.4, 0.5) is 5.69 Å². The second-order valence-electron chi connectivity index (χ2n) is 4.81. The molecule has 0 fully saturated rings. The number of carbonyl (C=O) groups is 1. The van der Waals surface area contributed by atoms with Crippen LogP contribution in [0, 0.1) is 0 Å². The van der Waals surface area contributed by atoms with Gasteiger partial charge in [0.1, 0.15) is 11.8 Å². The Kier molecular flexibility index (Phi) is 6.01. The zero-order valence-corrected chi connectivity index (χ0v) is 14.6. The number of nitrogens with one attached hydrogen (secondary N) is 2. The summed E-state index contributed by atoms with van der Waals surface area (Å²) in [5, 5.41) is 17.1. The molecule has 7 heteroatoms. The molecule has 0 aliphatic rings. The predicted molar refractivity (Wildman–Crippen MR) is 96.1 cm³/mol. The first kappa shape index (κ1) is 17.3. The van der Waals surface area contributed by atoms with Crippen LogP contribution in [0.1, 0.15) is 12.5 Å². The lowest BCUT2D eigenvalue weighted by molar-refractivity contribution is -0.121. The summed E-state index contributed by atoms with van der Waals surface area (Å²) in [5.41, 5.74) is 3.66. The van der Waals surface area contributed by atoms with Crippen LogP contribution in [0.15, 0.2) is 52.0 Å². The van der Waals surface area contributed by atoms with Crippen molar-refractivity contribution in [2.45, 2.75) is 13.0 Å². The second-order valence-corrected chi connectivity index (χ2v) is 6.17. The van der Waals surface area contributed by atoms with Gasteiger partial charge in [-0.3, -0.25) is 4.79 Å². The Labute approximate surface area is 147 Å². The summed E-state index contributed by atoms with van der Waals surface area (Å²) < 4.78 is 0.805. The standard InChI is InChI=1S/C16H15BrClN3O2/c1-10(20-14-4-2-3-13(18)8-14)16(23)21-19-9-11-7-12(17)5-6-15(11)22/h2-10,20,22H,1H3,(H,21,23). The zero-order valence-electron chi connectivity index (χ0n) is 12.3. The average molecular weight is 397 g/mol. The van der Waals surface area contributed by atoms with Crippen molar-refractivity contribution in [1.82, 2.24) is 5.43 Å². The van der Waals surface area contributed by atoms with Gasteiger partial charge in [0.2, 0.25) is 0 Å². The van der Waals surface area contributed by atoms with Crippen LogP contribution in [0.2, 0.25) is 5.02 Å². The normalized spacial score (nSPS) is 12.1. The number of phenolic OH excluding ortho intramolecular Hbond substituents is 1. The molecule has 23 heavy (non-hydrogen) atoms. The Hall–Kier alpha value is -2.05. The number of halogens is 2. The minimum atomic E-state index is -0.498. The fourth-order valence-corrected chi connectivity index (χ4v) is 2.35. The molecule has 0 heterocycles. The number of rotatable bonds is 5. The van der Waals surface area contributed by atoms with E-state index in [0.717, 1.165) is 10.2 Å². The average Bonchev–Trinajstić information content (AvgIpc) is 2.50. The Balaban J connectivity index is 1.93. The van der Waals surface area contributed by atoms with Gasteiger partial charge in [-0.2, -0.15) is 5.10 Å². The molecule has 0 bridgehead atoms. The lowest BCUT2D eigenvalue weighted by Gasteiger charge is -2.13. The number of phenols is 1. The molecule has 2 aromatic rings. The molecule has 0 spiro atoms. The summed E-state index contributed by atoms with van der Waals surface area (Å²) >= 11 is 9.20. The Morgan fingerprint density at radius 3 is 2.87 bits per heavy atom. The quantitative estimate of drug-likeness (QED) is 0.532. The van der Waals surface area contributed by atoms with Crippen molar-refractivity contribution in [3.05, 3.63) is 57.5 Å². The summed E-state index contributed by atoms with van der Waals surface area (Å²) in [5.74, 6) is -0.230. The third-order valence-corrected chi connectivity index (χ3v) is 3.70. The molecular formula is C16H15BrClN3O2. The van der Waals surface area contributed by atoms with E-state index >= 15 is 0 Å². The number of anilines is 1. The number of carbonyl (C=O) groups excluding carboxylic acids is 1. The van der Waals surface area contributed by atoms with E-state index in [1.807, 2.05) is 6.07 Å². The number of nitrogens with zero attached hydrogens (tertiary/aromatic N) is 1. The number of amides is 1. The van der Waals surface area contributed by atoms with E-state index in [4.69, 9.17) is 11.6 Å². The zero-order chi connectivity index (χ0) is 16.8. The van der Waals surface area contributed by atoms with Crippen LogP contribution in [-0.2, 0) is 4.79 Å². The van der Waals surface area contributed by atoms with E-state index in [1.165, 1.54) is 12.3 Å². The van der Waals surface area contributed by atoms with Crippen LogP contribution >= 0.6 is 27.5 Å².